The molecule has 1 heterocycles. The molecule has 0 amide bonds. The molecule has 0 bridgehead atoms. The van der Waals surface area contributed by atoms with E-state index in [0.717, 1.165) is 12.2 Å². The lowest BCUT2D eigenvalue weighted by molar-refractivity contribution is 0.781. The molecule has 0 aliphatic heterocycles. The highest BCUT2D eigenvalue weighted by atomic mass is 15.1. The van der Waals surface area contributed by atoms with Gasteiger partial charge in [0.05, 0.1) is 11.9 Å². The van der Waals surface area contributed by atoms with Crippen LogP contribution in [0.25, 0.3) is 11.3 Å². The first-order valence-electron chi connectivity index (χ1n) is 6.75. The maximum atomic E-state index is 5.63. The molecule has 1 aromatic carbocycles. The molecule has 0 unspecified atom stereocenters. The van der Waals surface area contributed by atoms with Crippen molar-refractivity contribution in [3.63, 3.8) is 0 Å². The number of benzene rings is 1. The van der Waals surface area contributed by atoms with E-state index in [2.05, 4.69) is 50.4 Å². The fourth-order valence-electron chi connectivity index (χ4n) is 2.64. The number of aromatic nitrogens is 2. The Morgan fingerprint density at radius 1 is 1.11 bits per heavy atom. The summed E-state index contributed by atoms with van der Waals surface area (Å²) in [7, 11) is 2.07. The SMILES string of the molecule is Cc1cc(C)c(C)c(-c2cnc(CCN)n2C)c1C. The van der Waals surface area contributed by atoms with Crippen LogP contribution in [-0.2, 0) is 13.5 Å². The van der Waals surface area contributed by atoms with Gasteiger partial charge in [0.15, 0.2) is 0 Å². The molecule has 1 aromatic heterocycles. The van der Waals surface area contributed by atoms with Gasteiger partial charge in [-0.1, -0.05) is 6.07 Å². The van der Waals surface area contributed by atoms with Crippen molar-refractivity contribution in [1.29, 1.82) is 0 Å². The van der Waals surface area contributed by atoms with Gasteiger partial charge in [0, 0.05) is 19.0 Å². The standard InChI is InChI=1S/C16H23N3/c1-10-8-11(2)13(4)16(12(10)3)14-9-18-15(6-7-17)19(14)5/h8-9H,6-7,17H2,1-5H3. The van der Waals surface area contributed by atoms with Gasteiger partial charge < -0.3 is 10.3 Å². The minimum absolute atomic E-state index is 0.634. The third kappa shape index (κ3) is 2.30. The number of nitrogens with zero attached hydrogens (tertiary/aromatic N) is 2. The summed E-state index contributed by atoms with van der Waals surface area (Å²) in [5, 5.41) is 0. The number of hydrogen-bond acceptors (Lipinski definition) is 2. The van der Waals surface area contributed by atoms with E-state index in [4.69, 9.17) is 5.73 Å². The Kier molecular flexibility index (Phi) is 3.76. The van der Waals surface area contributed by atoms with E-state index in [0.29, 0.717) is 6.54 Å². The second-order valence-electron chi connectivity index (χ2n) is 5.29. The number of rotatable bonds is 3. The molecule has 102 valence electrons. The topological polar surface area (TPSA) is 43.8 Å². The highest BCUT2D eigenvalue weighted by molar-refractivity contribution is 5.70. The van der Waals surface area contributed by atoms with Gasteiger partial charge in [-0.15, -0.1) is 0 Å². The van der Waals surface area contributed by atoms with Gasteiger partial charge in [0.2, 0.25) is 0 Å². The Labute approximate surface area is 115 Å². The molecule has 0 aliphatic carbocycles. The normalized spacial score (nSPS) is 11.1. The minimum atomic E-state index is 0.634. The predicted octanol–water partition coefficient (Wildman–Crippen LogP) is 2.82. The van der Waals surface area contributed by atoms with Crippen LogP contribution in [0.5, 0.6) is 0 Å². The minimum Gasteiger partial charge on any atom is -0.331 e. The van der Waals surface area contributed by atoms with E-state index in [1.807, 2.05) is 6.20 Å². The van der Waals surface area contributed by atoms with E-state index < -0.39 is 0 Å². The molecule has 2 aromatic rings. The first kappa shape index (κ1) is 13.8. The Morgan fingerprint density at radius 2 is 1.68 bits per heavy atom. The Bertz CT molecular complexity index is 583. The summed E-state index contributed by atoms with van der Waals surface area (Å²) in [6.45, 7) is 9.35. The van der Waals surface area contributed by atoms with Gasteiger partial charge in [-0.3, -0.25) is 0 Å². The van der Waals surface area contributed by atoms with Gasteiger partial charge in [-0.25, -0.2) is 4.98 Å². The van der Waals surface area contributed by atoms with Crippen molar-refractivity contribution < 1.29 is 0 Å². The Hall–Kier alpha value is -1.61. The van der Waals surface area contributed by atoms with Crippen LogP contribution in [0.3, 0.4) is 0 Å². The largest absolute Gasteiger partial charge is 0.331 e. The van der Waals surface area contributed by atoms with Crippen molar-refractivity contribution in [1.82, 2.24) is 9.55 Å². The summed E-state index contributed by atoms with van der Waals surface area (Å²) < 4.78 is 2.17. The lowest BCUT2D eigenvalue weighted by Gasteiger charge is -2.16. The van der Waals surface area contributed by atoms with Crippen LogP contribution in [0.4, 0.5) is 0 Å². The molecule has 2 N–H and O–H groups in total. The van der Waals surface area contributed by atoms with Gasteiger partial charge >= 0.3 is 0 Å². The monoisotopic (exact) mass is 257 g/mol. The van der Waals surface area contributed by atoms with Crippen molar-refractivity contribution in [2.24, 2.45) is 12.8 Å². The molecule has 0 saturated carbocycles. The third-order valence-corrected chi connectivity index (χ3v) is 4.07. The maximum absolute atomic E-state index is 5.63. The quantitative estimate of drug-likeness (QED) is 0.919. The van der Waals surface area contributed by atoms with Crippen LogP contribution in [0.15, 0.2) is 12.3 Å². The zero-order valence-corrected chi connectivity index (χ0v) is 12.5. The smallest absolute Gasteiger partial charge is 0.110 e. The first-order chi connectivity index (χ1) is 8.97. The lowest BCUT2D eigenvalue weighted by Crippen LogP contribution is -2.08. The molecule has 0 atom stereocenters. The maximum Gasteiger partial charge on any atom is 0.110 e. The lowest BCUT2D eigenvalue weighted by atomic mass is 9.92. The van der Waals surface area contributed by atoms with E-state index >= 15 is 0 Å². The van der Waals surface area contributed by atoms with Gasteiger partial charge in [0.25, 0.3) is 0 Å². The second kappa shape index (κ2) is 5.17. The van der Waals surface area contributed by atoms with E-state index in [1.54, 1.807) is 0 Å². The van der Waals surface area contributed by atoms with Crippen LogP contribution in [0.1, 0.15) is 28.1 Å². The van der Waals surface area contributed by atoms with Crippen LogP contribution in [-0.4, -0.2) is 16.1 Å². The van der Waals surface area contributed by atoms with Crippen LogP contribution >= 0.6 is 0 Å². The third-order valence-electron chi connectivity index (χ3n) is 4.07. The summed E-state index contributed by atoms with van der Waals surface area (Å²) >= 11 is 0. The van der Waals surface area contributed by atoms with Crippen molar-refractivity contribution in [3.05, 3.63) is 40.3 Å². The summed E-state index contributed by atoms with van der Waals surface area (Å²) in [6, 6.07) is 2.26. The average Bonchev–Trinajstić information content (AvgIpc) is 2.71. The van der Waals surface area contributed by atoms with Crippen LogP contribution < -0.4 is 5.73 Å². The van der Waals surface area contributed by atoms with Crippen LogP contribution in [0.2, 0.25) is 0 Å². The van der Waals surface area contributed by atoms with Gasteiger partial charge in [0.1, 0.15) is 5.82 Å². The molecule has 2 rings (SSSR count). The van der Waals surface area contributed by atoms with Crippen molar-refractivity contribution in [2.75, 3.05) is 6.54 Å². The molecule has 3 heteroatoms. The number of nitrogens with two attached hydrogens (primary N) is 1. The Morgan fingerprint density at radius 3 is 2.21 bits per heavy atom. The van der Waals surface area contributed by atoms with Crippen LogP contribution in [0, 0.1) is 27.7 Å². The molecule has 0 spiro atoms. The van der Waals surface area contributed by atoms with E-state index in [1.165, 1.54) is 33.5 Å². The summed E-state index contributed by atoms with van der Waals surface area (Å²) in [5.41, 5.74) is 13.5. The fraction of sp³-hybridized carbons (Fsp3) is 0.438. The van der Waals surface area contributed by atoms with E-state index in [-0.39, 0.29) is 0 Å². The molecule has 0 fully saturated rings. The molecule has 0 aliphatic rings. The molecular weight excluding hydrogens is 234 g/mol. The summed E-state index contributed by atoms with van der Waals surface area (Å²) in [4.78, 5) is 4.51. The highest BCUT2D eigenvalue weighted by Gasteiger charge is 2.15. The second-order valence-corrected chi connectivity index (χ2v) is 5.29. The van der Waals surface area contributed by atoms with Crippen molar-refractivity contribution in [3.8, 4) is 11.3 Å². The zero-order valence-electron chi connectivity index (χ0n) is 12.5. The number of aryl methyl sites for hydroxylation is 2. The molecular formula is C16H23N3. The highest BCUT2D eigenvalue weighted by Crippen LogP contribution is 2.31. The van der Waals surface area contributed by atoms with E-state index in [9.17, 15) is 0 Å². The van der Waals surface area contributed by atoms with Gasteiger partial charge in [-0.2, -0.15) is 0 Å². The van der Waals surface area contributed by atoms with Gasteiger partial charge in [-0.05, 0) is 56.5 Å². The Balaban J connectivity index is 2.65. The number of imidazole rings is 1. The average molecular weight is 257 g/mol. The van der Waals surface area contributed by atoms with Crippen molar-refractivity contribution in [2.45, 2.75) is 34.1 Å². The molecule has 19 heavy (non-hydrogen) atoms. The van der Waals surface area contributed by atoms with Crippen molar-refractivity contribution >= 4 is 0 Å². The molecule has 0 saturated heterocycles. The first-order valence-corrected chi connectivity index (χ1v) is 6.75. The fourth-order valence-corrected chi connectivity index (χ4v) is 2.64. The number of hydrogen-bond donors (Lipinski definition) is 1. The molecule has 0 radical (unpaired) electrons. The summed E-state index contributed by atoms with van der Waals surface area (Å²) in [5.74, 6) is 1.05. The molecule has 3 nitrogen and oxygen atoms in total. The summed E-state index contributed by atoms with van der Waals surface area (Å²) in [6.07, 6.45) is 2.79. The predicted molar refractivity (Wildman–Crippen MR) is 80.4 cm³/mol. The zero-order chi connectivity index (χ0) is 14.2.